The summed E-state index contributed by atoms with van der Waals surface area (Å²) < 4.78 is 7.30. The van der Waals surface area contributed by atoms with Crippen LogP contribution in [0.5, 0.6) is 0 Å². The average Bonchev–Trinajstić information content (AvgIpc) is 3.18. The molecule has 0 bridgehead atoms. The van der Waals surface area contributed by atoms with Gasteiger partial charge in [0.15, 0.2) is 0 Å². The van der Waals surface area contributed by atoms with Gasteiger partial charge in [0.25, 0.3) is 5.91 Å². The van der Waals surface area contributed by atoms with Crippen molar-refractivity contribution < 1.29 is 14.3 Å². The van der Waals surface area contributed by atoms with Crippen LogP contribution in [0.4, 0.5) is 0 Å². The Morgan fingerprint density at radius 1 is 1.27 bits per heavy atom. The Bertz CT molecular complexity index is 697. The lowest BCUT2D eigenvalue weighted by atomic mass is 9.78. The lowest BCUT2D eigenvalue weighted by molar-refractivity contribution is -0.146. The van der Waals surface area contributed by atoms with Gasteiger partial charge in [0.2, 0.25) is 5.91 Å². The summed E-state index contributed by atoms with van der Waals surface area (Å²) in [5.74, 6) is 0.270. The van der Waals surface area contributed by atoms with Gasteiger partial charge in [-0.3, -0.25) is 9.59 Å². The Hall–Kier alpha value is -1.82. The molecule has 0 N–H and O–H groups in total. The van der Waals surface area contributed by atoms with E-state index in [2.05, 4.69) is 11.5 Å². The standard InChI is InChI=1S/C20H31N3O3/c1-5-23-15(2)13-17(16(23)3)18(24)22-10-8-20(14-22)7-6-9-21(19(20)25)11-12-26-4/h13H,5-12,14H2,1-4H3/t20-/m1/s1. The molecule has 0 aromatic carbocycles. The molecule has 0 saturated carbocycles. The monoisotopic (exact) mass is 361 g/mol. The van der Waals surface area contributed by atoms with Crippen molar-refractivity contribution in [1.29, 1.82) is 0 Å². The van der Waals surface area contributed by atoms with Crippen LogP contribution in [-0.4, -0.2) is 66.1 Å². The minimum atomic E-state index is -0.391. The molecule has 1 spiro atoms. The molecule has 6 heteroatoms. The number of rotatable bonds is 5. The fraction of sp³-hybridized carbons (Fsp3) is 0.700. The van der Waals surface area contributed by atoms with E-state index >= 15 is 0 Å². The summed E-state index contributed by atoms with van der Waals surface area (Å²) in [6.45, 7) is 10.2. The number of carbonyl (C=O) groups excluding carboxylic acids is 2. The van der Waals surface area contributed by atoms with Gasteiger partial charge in [0, 0.05) is 51.2 Å². The van der Waals surface area contributed by atoms with E-state index in [4.69, 9.17) is 4.74 Å². The van der Waals surface area contributed by atoms with Gasteiger partial charge in [0.1, 0.15) is 0 Å². The van der Waals surface area contributed by atoms with Gasteiger partial charge in [-0.2, -0.15) is 0 Å². The quantitative estimate of drug-likeness (QED) is 0.808. The smallest absolute Gasteiger partial charge is 0.255 e. The molecule has 6 nitrogen and oxygen atoms in total. The molecule has 3 rings (SSSR count). The summed E-state index contributed by atoms with van der Waals surface area (Å²) >= 11 is 0. The van der Waals surface area contributed by atoms with Crippen molar-refractivity contribution in [2.75, 3.05) is 39.9 Å². The van der Waals surface area contributed by atoms with Crippen molar-refractivity contribution in [2.45, 2.75) is 46.6 Å². The van der Waals surface area contributed by atoms with Gasteiger partial charge in [-0.25, -0.2) is 0 Å². The first kappa shape index (κ1) is 19.0. The molecule has 1 atom stereocenters. The number of aryl methyl sites for hydroxylation is 1. The Morgan fingerprint density at radius 3 is 2.69 bits per heavy atom. The summed E-state index contributed by atoms with van der Waals surface area (Å²) in [4.78, 5) is 30.0. The highest BCUT2D eigenvalue weighted by Crippen LogP contribution is 2.40. The van der Waals surface area contributed by atoms with Crippen LogP contribution in [0.15, 0.2) is 6.07 Å². The molecule has 144 valence electrons. The zero-order valence-corrected chi connectivity index (χ0v) is 16.5. The van der Waals surface area contributed by atoms with Crippen LogP contribution in [0.3, 0.4) is 0 Å². The molecular formula is C20H31N3O3. The van der Waals surface area contributed by atoms with E-state index in [0.29, 0.717) is 26.2 Å². The zero-order chi connectivity index (χ0) is 18.9. The van der Waals surface area contributed by atoms with E-state index in [0.717, 1.165) is 49.3 Å². The predicted molar refractivity (Wildman–Crippen MR) is 100 cm³/mol. The normalized spacial score (nSPS) is 23.3. The fourth-order valence-corrected chi connectivity index (χ4v) is 4.67. The molecule has 3 heterocycles. The Labute approximate surface area is 156 Å². The summed E-state index contributed by atoms with van der Waals surface area (Å²) in [6.07, 6.45) is 2.66. The van der Waals surface area contributed by atoms with E-state index in [9.17, 15) is 9.59 Å². The Balaban J connectivity index is 1.75. The lowest BCUT2D eigenvalue weighted by Gasteiger charge is -2.39. The number of aromatic nitrogens is 1. The second-order valence-corrected chi connectivity index (χ2v) is 7.67. The van der Waals surface area contributed by atoms with Gasteiger partial charge >= 0.3 is 0 Å². The topological polar surface area (TPSA) is 54.8 Å². The van der Waals surface area contributed by atoms with Crippen LogP contribution >= 0.6 is 0 Å². The third-order valence-corrected chi connectivity index (χ3v) is 6.15. The SMILES string of the molecule is CCn1c(C)cc(C(=O)N2CC[C@]3(CCCN(CCOC)C3=O)C2)c1C. The number of methoxy groups -OCH3 is 1. The third-order valence-electron chi connectivity index (χ3n) is 6.15. The first-order valence-electron chi connectivity index (χ1n) is 9.68. The number of carbonyl (C=O) groups is 2. The molecule has 2 aliphatic heterocycles. The summed E-state index contributed by atoms with van der Waals surface area (Å²) in [5.41, 5.74) is 2.52. The second kappa shape index (κ2) is 7.43. The maximum absolute atomic E-state index is 13.1. The molecule has 1 aromatic heterocycles. The van der Waals surface area contributed by atoms with Crippen molar-refractivity contribution >= 4 is 11.8 Å². The largest absolute Gasteiger partial charge is 0.383 e. The van der Waals surface area contributed by atoms with E-state index in [1.54, 1.807) is 7.11 Å². The van der Waals surface area contributed by atoms with E-state index in [1.165, 1.54) is 0 Å². The van der Waals surface area contributed by atoms with Crippen molar-refractivity contribution in [3.63, 3.8) is 0 Å². The van der Waals surface area contributed by atoms with Gasteiger partial charge in [0.05, 0.1) is 17.6 Å². The maximum Gasteiger partial charge on any atom is 0.255 e. The number of likely N-dealkylation sites (tertiary alicyclic amines) is 2. The van der Waals surface area contributed by atoms with E-state index < -0.39 is 5.41 Å². The second-order valence-electron chi connectivity index (χ2n) is 7.67. The molecule has 2 fully saturated rings. The van der Waals surface area contributed by atoms with Gasteiger partial charge in [-0.1, -0.05) is 0 Å². The number of hydrogen-bond acceptors (Lipinski definition) is 3. The summed E-state index contributed by atoms with van der Waals surface area (Å²) in [5, 5.41) is 0. The number of hydrogen-bond donors (Lipinski definition) is 0. The van der Waals surface area contributed by atoms with Crippen LogP contribution in [-0.2, 0) is 16.1 Å². The van der Waals surface area contributed by atoms with E-state index in [1.807, 2.05) is 29.7 Å². The number of piperidine rings is 1. The number of amides is 2. The molecule has 0 aliphatic carbocycles. The van der Waals surface area contributed by atoms with Crippen LogP contribution in [0.25, 0.3) is 0 Å². The summed E-state index contributed by atoms with van der Waals surface area (Å²) in [6, 6.07) is 1.99. The lowest BCUT2D eigenvalue weighted by Crippen LogP contribution is -2.51. The highest BCUT2D eigenvalue weighted by molar-refractivity contribution is 5.97. The molecular weight excluding hydrogens is 330 g/mol. The minimum Gasteiger partial charge on any atom is -0.383 e. The molecule has 1 aromatic rings. The number of ether oxygens (including phenoxy) is 1. The highest BCUT2D eigenvalue weighted by Gasteiger charge is 2.49. The van der Waals surface area contributed by atoms with Crippen molar-refractivity contribution in [1.82, 2.24) is 14.4 Å². The zero-order valence-electron chi connectivity index (χ0n) is 16.5. The van der Waals surface area contributed by atoms with Crippen LogP contribution < -0.4 is 0 Å². The molecule has 2 saturated heterocycles. The van der Waals surface area contributed by atoms with Crippen LogP contribution in [0, 0.1) is 19.3 Å². The fourth-order valence-electron chi connectivity index (χ4n) is 4.67. The highest BCUT2D eigenvalue weighted by atomic mass is 16.5. The summed E-state index contributed by atoms with van der Waals surface area (Å²) in [7, 11) is 1.66. The predicted octanol–water partition coefficient (Wildman–Crippen LogP) is 2.23. The molecule has 26 heavy (non-hydrogen) atoms. The van der Waals surface area contributed by atoms with E-state index in [-0.39, 0.29) is 11.8 Å². The maximum atomic E-state index is 13.1. The molecule has 0 unspecified atom stereocenters. The number of nitrogens with zero attached hydrogens (tertiary/aromatic N) is 3. The molecule has 0 radical (unpaired) electrons. The Morgan fingerprint density at radius 2 is 2.04 bits per heavy atom. The van der Waals surface area contributed by atoms with Crippen molar-refractivity contribution in [2.24, 2.45) is 5.41 Å². The first-order chi connectivity index (χ1) is 12.4. The van der Waals surface area contributed by atoms with Gasteiger partial charge in [-0.05, 0) is 46.1 Å². The van der Waals surface area contributed by atoms with Crippen LogP contribution in [0.2, 0.25) is 0 Å². The van der Waals surface area contributed by atoms with Crippen LogP contribution in [0.1, 0.15) is 47.9 Å². The third kappa shape index (κ3) is 3.15. The van der Waals surface area contributed by atoms with Gasteiger partial charge < -0.3 is 19.1 Å². The Kier molecular flexibility index (Phi) is 5.42. The average molecular weight is 361 g/mol. The molecule has 2 amide bonds. The van der Waals surface area contributed by atoms with Gasteiger partial charge in [-0.15, -0.1) is 0 Å². The minimum absolute atomic E-state index is 0.0662. The molecule has 2 aliphatic rings. The van der Waals surface area contributed by atoms with Crippen molar-refractivity contribution in [3.05, 3.63) is 23.0 Å². The first-order valence-corrected chi connectivity index (χ1v) is 9.68. The van der Waals surface area contributed by atoms with Crippen molar-refractivity contribution in [3.8, 4) is 0 Å².